The van der Waals surface area contributed by atoms with E-state index in [1.54, 1.807) is 0 Å². The highest BCUT2D eigenvalue weighted by Gasteiger charge is 2.27. The fraction of sp³-hybridized carbons (Fsp3) is 0.500. The van der Waals surface area contributed by atoms with Crippen LogP contribution in [0.2, 0.25) is 5.02 Å². The summed E-state index contributed by atoms with van der Waals surface area (Å²) in [5.41, 5.74) is 3.95. The van der Waals surface area contributed by atoms with Gasteiger partial charge in [0.15, 0.2) is 0 Å². The van der Waals surface area contributed by atoms with Gasteiger partial charge in [-0.05, 0) is 88.1 Å². The number of carbonyl (C=O) groups excluding carboxylic acids is 1. The molecular formula is C26H32ClNO3. The largest absolute Gasteiger partial charge is 0.485 e. The molecule has 0 saturated heterocycles. The fourth-order valence-corrected chi connectivity index (χ4v) is 4.38. The number of esters is 1. The quantitative estimate of drug-likeness (QED) is 0.498. The molecule has 1 atom stereocenters. The van der Waals surface area contributed by atoms with Crippen LogP contribution in [0.3, 0.4) is 0 Å². The zero-order valence-corrected chi connectivity index (χ0v) is 19.4. The van der Waals surface area contributed by atoms with Gasteiger partial charge in [0.1, 0.15) is 17.5 Å². The number of hydrogen-bond acceptors (Lipinski definition) is 4. The van der Waals surface area contributed by atoms with Crippen LogP contribution in [0, 0.1) is 5.92 Å². The summed E-state index contributed by atoms with van der Waals surface area (Å²) in [5.74, 6) is 1.28. The van der Waals surface area contributed by atoms with Crippen LogP contribution >= 0.6 is 11.6 Å². The summed E-state index contributed by atoms with van der Waals surface area (Å²) in [5, 5.41) is 4.35. The molecule has 0 spiro atoms. The van der Waals surface area contributed by atoms with E-state index < -0.39 is 5.60 Å². The molecule has 1 unspecified atom stereocenters. The molecule has 1 N–H and O–H groups in total. The lowest BCUT2D eigenvalue weighted by Crippen LogP contribution is -2.25. The second kappa shape index (κ2) is 9.12. The Hall–Kier alpha value is -2.20. The molecule has 1 fully saturated rings. The SMILES string of the molecule is CC(C)(C)OC(=O)Cc1ccccc1OC1CCCc2c(NCC3CC3)cc(Cl)cc21. The molecule has 0 heterocycles. The van der Waals surface area contributed by atoms with Gasteiger partial charge in [0.05, 0.1) is 6.42 Å². The summed E-state index contributed by atoms with van der Waals surface area (Å²) in [6.45, 7) is 6.65. The zero-order chi connectivity index (χ0) is 22.0. The van der Waals surface area contributed by atoms with Crippen LogP contribution in [0.4, 0.5) is 5.69 Å². The van der Waals surface area contributed by atoms with E-state index in [1.165, 1.54) is 18.4 Å². The highest BCUT2D eigenvalue weighted by molar-refractivity contribution is 6.31. The number of para-hydroxylation sites is 1. The van der Waals surface area contributed by atoms with Crippen molar-refractivity contribution < 1.29 is 14.3 Å². The Morgan fingerprint density at radius 2 is 1.94 bits per heavy atom. The number of ether oxygens (including phenoxy) is 2. The molecule has 5 heteroatoms. The van der Waals surface area contributed by atoms with Gasteiger partial charge in [-0.25, -0.2) is 0 Å². The molecule has 166 valence electrons. The van der Waals surface area contributed by atoms with E-state index in [0.29, 0.717) is 0 Å². The van der Waals surface area contributed by atoms with Crippen LogP contribution in [-0.2, 0) is 22.4 Å². The van der Waals surface area contributed by atoms with Gasteiger partial charge in [0.25, 0.3) is 0 Å². The molecule has 0 amide bonds. The maximum absolute atomic E-state index is 12.4. The first-order chi connectivity index (χ1) is 14.8. The highest BCUT2D eigenvalue weighted by atomic mass is 35.5. The van der Waals surface area contributed by atoms with Crippen molar-refractivity contribution in [2.24, 2.45) is 5.92 Å². The molecule has 31 heavy (non-hydrogen) atoms. The molecule has 4 nitrogen and oxygen atoms in total. The van der Waals surface area contributed by atoms with Crippen molar-refractivity contribution in [3.8, 4) is 5.75 Å². The summed E-state index contributed by atoms with van der Waals surface area (Å²) >= 11 is 6.49. The minimum atomic E-state index is -0.504. The Balaban J connectivity index is 1.54. The minimum Gasteiger partial charge on any atom is -0.485 e. The number of carbonyl (C=O) groups is 1. The van der Waals surface area contributed by atoms with Gasteiger partial charge in [-0.3, -0.25) is 4.79 Å². The number of nitrogens with one attached hydrogen (secondary N) is 1. The van der Waals surface area contributed by atoms with Crippen molar-refractivity contribution in [3.05, 3.63) is 58.1 Å². The average molecular weight is 442 g/mol. The van der Waals surface area contributed by atoms with Gasteiger partial charge < -0.3 is 14.8 Å². The van der Waals surface area contributed by atoms with Gasteiger partial charge in [0.2, 0.25) is 0 Å². The predicted octanol–water partition coefficient (Wildman–Crippen LogP) is 6.50. The maximum atomic E-state index is 12.4. The van der Waals surface area contributed by atoms with E-state index in [1.807, 2.05) is 57.2 Å². The summed E-state index contributed by atoms with van der Waals surface area (Å²) in [6.07, 6.45) is 5.76. The Morgan fingerprint density at radius 1 is 1.16 bits per heavy atom. The van der Waals surface area contributed by atoms with Crippen LogP contribution in [0.5, 0.6) is 5.75 Å². The van der Waals surface area contributed by atoms with E-state index in [-0.39, 0.29) is 18.5 Å². The van der Waals surface area contributed by atoms with Crippen molar-refractivity contribution >= 4 is 23.3 Å². The predicted molar refractivity (Wildman–Crippen MR) is 125 cm³/mol. The lowest BCUT2D eigenvalue weighted by Gasteiger charge is -2.29. The first-order valence-corrected chi connectivity index (χ1v) is 11.7. The molecule has 4 rings (SSSR count). The van der Waals surface area contributed by atoms with Crippen molar-refractivity contribution in [3.63, 3.8) is 0 Å². The summed E-state index contributed by atoms with van der Waals surface area (Å²) in [7, 11) is 0. The van der Waals surface area contributed by atoms with Gasteiger partial charge in [-0.1, -0.05) is 29.8 Å². The number of fused-ring (bicyclic) bond motifs is 1. The molecule has 0 aromatic heterocycles. The number of rotatable bonds is 7. The first-order valence-electron chi connectivity index (χ1n) is 11.3. The van der Waals surface area contributed by atoms with Crippen LogP contribution in [0.15, 0.2) is 36.4 Å². The Morgan fingerprint density at radius 3 is 2.68 bits per heavy atom. The summed E-state index contributed by atoms with van der Waals surface area (Å²) < 4.78 is 12.0. The maximum Gasteiger partial charge on any atom is 0.310 e. The molecule has 0 aliphatic heterocycles. The summed E-state index contributed by atoms with van der Waals surface area (Å²) in [6, 6.07) is 11.8. The van der Waals surface area contributed by atoms with Crippen LogP contribution in [-0.4, -0.2) is 18.1 Å². The van der Waals surface area contributed by atoms with Gasteiger partial charge in [-0.15, -0.1) is 0 Å². The van der Waals surface area contributed by atoms with Gasteiger partial charge >= 0.3 is 5.97 Å². The zero-order valence-electron chi connectivity index (χ0n) is 18.7. The first kappa shape index (κ1) is 22.0. The monoisotopic (exact) mass is 441 g/mol. The lowest BCUT2D eigenvalue weighted by molar-refractivity contribution is -0.153. The Bertz CT molecular complexity index is 946. The lowest BCUT2D eigenvalue weighted by atomic mass is 9.88. The van der Waals surface area contributed by atoms with E-state index in [9.17, 15) is 4.79 Å². The normalized spacial score (nSPS) is 18.3. The Kier molecular flexibility index (Phi) is 6.47. The Labute approximate surface area is 190 Å². The van der Waals surface area contributed by atoms with Crippen LogP contribution in [0.25, 0.3) is 0 Å². The van der Waals surface area contributed by atoms with Crippen molar-refractivity contribution in [1.29, 1.82) is 0 Å². The van der Waals surface area contributed by atoms with E-state index in [0.717, 1.165) is 59.3 Å². The van der Waals surface area contributed by atoms with Gasteiger partial charge in [-0.2, -0.15) is 0 Å². The van der Waals surface area contributed by atoms with E-state index in [4.69, 9.17) is 21.1 Å². The molecule has 2 aliphatic rings. The van der Waals surface area contributed by atoms with Crippen molar-refractivity contribution in [1.82, 2.24) is 0 Å². The number of hydrogen-bond donors (Lipinski definition) is 1. The van der Waals surface area contributed by atoms with E-state index >= 15 is 0 Å². The smallest absolute Gasteiger partial charge is 0.310 e. The second-order valence-electron chi connectivity index (χ2n) is 9.72. The van der Waals surface area contributed by atoms with E-state index in [2.05, 4.69) is 5.32 Å². The minimum absolute atomic E-state index is 0.0799. The third-order valence-electron chi connectivity index (χ3n) is 5.76. The second-order valence-corrected chi connectivity index (χ2v) is 10.2. The number of benzene rings is 2. The van der Waals surface area contributed by atoms with Crippen molar-refractivity contribution in [2.45, 2.75) is 71.0 Å². The summed E-state index contributed by atoms with van der Waals surface area (Å²) in [4.78, 5) is 12.4. The number of halogens is 1. The molecule has 0 bridgehead atoms. The topological polar surface area (TPSA) is 47.6 Å². The highest BCUT2D eigenvalue weighted by Crippen LogP contribution is 2.40. The van der Waals surface area contributed by atoms with Crippen LogP contribution in [0.1, 0.15) is 69.2 Å². The molecule has 2 aliphatic carbocycles. The molecule has 2 aromatic carbocycles. The molecular weight excluding hydrogens is 410 g/mol. The third kappa shape index (κ3) is 5.94. The fourth-order valence-electron chi connectivity index (χ4n) is 4.15. The number of anilines is 1. The molecule has 2 aromatic rings. The van der Waals surface area contributed by atoms with Crippen molar-refractivity contribution in [2.75, 3.05) is 11.9 Å². The van der Waals surface area contributed by atoms with Crippen LogP contribution < -0.4 is 10.1 Å². The average Bonchev–Trinajstić information content (AvgIpc) is 3.51. The molecule has 0 radical (unpaired) electrons. The standard InChI is InChI=1S/C26H32ClNO3/c1-26(2,3)31-25(29)13-18-7-4-5-9-23(18)30-24-10-6-8-20-21(24)14-19(27)15-22(20)28-16-17-11-12-17/h4-5,7,9,14-15,17,24,28H,6,8,10-13,16H2,1-3H3. The third-order valence-corrected chi connectivity index (χ3v) is 5.98. The molecule has 1 saturated carbocycles. The van der Waals surface area contributed by atoms with Gasteiger partial charge in [0, 0.05) is 22.8 Å².